The lowest BCUT2D eigenvalue weighted by Crippen LogP contribution is -2.26. The highest BCUT2D eigenvalue weighted by atomic mass is 35.5. The van der Waals surface area contributed by atoms with Gasteiger partial charge < -0.3 is 10.1 Å². The van der Waals surface area contributed by atoms with Crippen molar-refractivity contribution < 1.29 is 4.74 Å². The monoisotopic (exact) mass is 261 g/mol. The smallest absolute Gasteiger partial charge is 0.318 e. The predicted molar refractivity (Wildman–Crippen MR) is 69.7 cm³/mol. The molecule has 4 nitrogen and oxygen atoms in total. The molecule has 0 aliphatic carbocycles. The standard InChI is InChI=1S/C10H16ClN3OS/c1-10(2,16-4)6-13-8-7(11)5-12-9(14-8)15-3/h5H,6H2,1-4H3,(H,12,13,14). The number of nitrogens with one attached hydrogen (secondary N) is 1. The summed E-state index contributed by atoms with van der Waals surface area (Å²) in [6.45, 7) is 5.07. The molecule has 1 heterocycles. The van der Waals surface area contributed by atoms with Crippen molar-refractivity contribution in [3.63, 3.8) is 0 Å². The molecule has 0 radical (unpaired) electrons. The fourth-order valence-corrected chi connectivity index (χ4v) is 1.32. The van der Waals surface area contributed by atoms with Crippen LogP contribution in [0.15, 0.2) is 6.20 Å². The van der Waals surface area contributed by atoms with Crippen molar-refractivity contribution in [3.05, 3.63) is 11.2 Å². The maximum absolute atomic E-state index is 5.98. The summed E-state index contributed by atoms with van der Waals surface area (Å²) in [6, 6.07) is 0.314. The third-order valence-electron chi connectivity index (χ3n) is 2.14. The van der Waals surface area contributed by atoms with Gasteiger partial charge in [-0.25, -0.2) is 4.98 Å². The second kappa shape index (κ2) is 5.59. The Labute approximate surface area is 105 Å². The second-order valence-electron chi connectivity index (χ2n) is 3.87. The van der Waals surface area contributed by atoms with Crippen molar-refractivity contribution in [3.8, 4) is 6.01 Å². The van der Waals surface area contributed by atoms with Gasteiger partial charge in [0, 0.05) is 11.3 Å². The van der Waals surface area contributed by atoms with E-state index in [1.165, 1.54) is 13.3 Å². The molecule has 0 aliphatic heterocycles. The Kier molecular flexibility index (Phi) is 4.68. The maximum Gasteiger partial charge on any atom is 0.318 e. The van der Waals surface area contributed by atoms with E-state index >= 15 is 0 Å². The zero-order valence-corrected chi connectivity index (χ0v) is 11.4. The van der Waals surface area contributed by atoms with Crippen LogP contribution in [-0.2, 0) is 0 Å². The van der Waals surface area contributed by atoms with Gasteiger partial charge in [0.1, 0.15) is 5.02 Å². The number of anilines is 1. The summed E-state index contributed by atoms with van der Waals surface area (Å²) < 4.78 is 5.07. The topological polar surface area (TPSA) is 47.0 Å². The summed E-state index contributed by atoms with van der Waals surface area (Å²) in [6.07, 6.45) is 3.60. The highest BCUT2D eigenvalue weighted by Crippen LogP contribution is 2.24. The molecule has 0 amide bonds. The van der Waals surface area contributed by atoms with Gasteiger partial charge in [-0.3, -0.25) is 0 Å². The van der Waals surface area contributed by atoms with Gasteiger partial charge in [-0.15, -0.1) is 0 Å². The average molecular weight is 262 g/mol. The third kappa shape index (κ3) is 3.72. The Morgan fingerprint density at radius 3 is 2.81 bits per heavy atom. The number of thioether (sulfide) groups is 1. The molecular weight excluding hydrogens is 246 g/mol. The van der Waals surface area contributed by atoms with E-state index in [-0.39, 0.29) is 4.75 Å². The van der Waals surface area contributed by atoms with E-state index in [4.69, 9.17) is 16.3 Å². The van der Waals surface area contributed by atoms with Crippen LogP contribution in [0.3, 0.4) is 0 Å². The molecule has 0 bridgehead atoms. The molecule has 90 valence electrons. The molecule has 1 aromatic rings. The van der Waals surface area contributed by atoms with Crippen molar-refractivity contribution in [2.75, 3.05) is 25.2 Å². The van der Waals surface area contributed by atoms with E-state index < -0.39 is 0 Å². The van der Waals surface area contributed by atoms with E-state index in [1.807, 2.05) is 0 Å². The van der Waals surface area contributed by atoms with Crippen LogP contribution < -0.4 is 10.1 Å². The largest absolute Gasteiger partial charge is 0.467 e. The van der Waals surface area contributed by atoms with Crippen LogP contribution in [0, 0.1) is 0 Å². The molecule has 0 saturated heterocycles. The molecular formula is C10H16ClN3OS. The van der Waals surface area contributed by atoms with E-state index in [0.29, 0.717) is 16.9 Å². The Morgan fingerprint density at radius 2 is 2.25 bits per heavy atom. The molecule has 1 aromatic heterocycles. The van der Waals surface area contributed by atoms with Crippen LogP contribution in [0.25, 0.3) is 0 Å². The number of methoxy groups -OCH3 is 1. The van der Waals surface area contributed by atoms with Gasteiger partial charge in [0.15, 0.2) is 5.82 Å². The first-order valence-electron chi connectivity index (χ1n) is 4.84. The van der Waals surface area contributed by atoms with E-state index in [9.17, 15) is 0 Å². The lowest BCUT2D eigenvalue weighted by Gasteiger charge is -2.22. The fourth-order valence-electron chi connectivity index (χ4n) is 0.942. The van der Waals surface area contributed by atoms with Gasteiger partial charge in [-0.1, -0.05) is 11.6 Å². The molecule has 1 N–H and O–H groups in total. The fraction of sp³-hybridized carbons (Fsp3) is 0.600. The van der Waals surface area contributed by atoms with Crippen molar-refractivity contribution in [1.29, 1.82) is 0 Å². The van der Waals surface area contributed by atoms with Crippen LogP contribution in [-0.4, -0.2) is 34.6 Å². The first-order valence-corrected chi connectivity index (χ1v) is 6.44. The number of halogens is 1. The lowest BCUT2D eigenvalue weighted by atomic mass is 10.2. The van der Waals surface area contributed by atoms with Gasteiger partial charge >= 0.3 is 6.01 Å². The highest BCUT2D eigenvalue weighted by molar-refractivity contribution is 7.99. The Bertz CT molecular complexity index is 360. The first kappa shape index (κ1) is 13.4. The minimum atomic E-state index is 0.127. The van der Waals surface area contributed by atoms with Crippen molar-refractivity contribution in [2.45, 2.75) is 18.6 Å². The number of hydrogen-bond donors (Lipinski definition) is 1. The number of rotatable bonds is 5. The van der Waals surface area contributed by atoms with Gasteiger partial charge in [-0.05, 0) is 20.1 Å². The Balaban J connectivity index is 2.73. The number of ether oxygens (including phenoxy) is 1. The molecule has 0 spiro atoms. The average Bonchev–Trinajstić information content (AvgIpc) is 2.28. The summed E-state index contributed by atoms with van der Waals surface area (Å²) >= 11 is 7.76. The van der Waals surface area contributed by atoms with Gasteiger partial charge in [-0.2, -0.15) is 16.7 Å². The lowest BCUT2D eigenvalue weighted by molar-refractivity contribution is 0.380. The minimum Gasteiger partial charge on any atom is -0.467 e. The van der Waals surface area contributed by atoms with E-state index in [2.05, 4.69) is 35.4 Å². The maximum atomic E-state index is 5.98. The van der Waals surface area contributed by atoms with Gasteiger partial charge in [0.2, 0.25) is 0 Å². The number of aromatic nitrogens is 2. The predicted octanol–water partition coefficient (Wildman–Crippen LogP) is 2.69. The Morgan fingerprint density at radius 1 is 1.56 bits per heavy atom. The van der Waals surface area contributed by atoms with Crippen LogP contribution >= 0.6 is 23.4 Å². The van der Waals surface area contributed by atoms with Crippen LogP contribution in [0.1, 0.15) is 13.8 Å². The number of hydrogen-bond acceptors (Lipinski definition) is 5. The van der Waals surface area contributed by atoms with Crippen LogP contribution in [0.5, 0.6) is 6.01 Å². The zero-order valence-electron chi connectivity index (χ0n) is 9.87. The second-order valence-corrected chi connectivity index (χ2v) is 5.79. The molecule has 0 saturated carbocycles. The molecule has 0 aliphatic rings. The summed E-state index contributed by atoms with van der Waals surface area (Å²) in [5, 5.41) is 3.69. The van der Waals surface area contributed by atoms with Crippen LogP contribution in [0.2, 0.25) is 5.02 Å². The third-order valence-corrected chi connectivity index (χ3v) is 3.66. The molecule has 1 rings (SSSR count). The van der Waals surface area contributed by atoms with Gasteiger partial charge in [0.25, 0.3) is 0 Å². The molecule has 6 heteroatoms. The summed E-state index contributed by atoms with van der Waals surface area (Å²) in [5.74, 6) is 0.607. The summed E-state index contributed by atoms with van der Waals surface area (Å²) in [5.41, 5.74) is 0. The molecule has 0 fully saturated rings. The van der Waals surface area contributed by atoms with Crippen molar-refractivity contribution >= 4 is 29.2 Å². The first-order chi connectivity index (χ1) is 7.48. The summed E-state index contributed by atoms with van der Waals surface area (Å²) in [7, 11) is 1.53. The highest BCUT2D eigenvalue weighted by Gasteiger charge is 2.16. The molecule has 0 aromatic carbocycles. The van der Waals surface area contributed by atoms with Gasteiger partial charge in [0.05, 0.1) is 13.3 Å². The molecule has 16 heavy (non-hydrogen) atoms. The number of nitrogens with zero attached hydrogens (tertiary/aromatic N) is 2. The SMILES string of the molecule is COc1ncc(Cl)c(NCC(C)(C)SC)n1. The van der Waals surface area contributed by atoms with Crippen LogP contribution in [0.4, 0.5) is 5.82 Å². The zero-order chi connectivity index (χ0) is 12.2. The van der Waals surface area contributed by atoms with E-state index in [0.717, 1.165) is 6.54 Å². The quantitative estimate of drug-likeness (QED) is 0.883. The van der Waals surface area contributed by atoms with E-state index in [1.54, 1.807) is 11.8 Å². The normalized spacial score (nSPS) is 11.3. The van der Waals surface area contributed by atoms with Crippen molar-refractivity contribution in [2.24, 2.45) is 0 Å². The minimum absolute atomic E-state index is 0.127. The Hall–Kier alpha value is -0.680. The molecule has 0 atom stereocenters. The van der Waals surface area contributed by atoms with Crippen molar-refractivity contribution in [1.82, 2.24) is 9.97 Å². The summed E-state index contributed by atoms with van der Waals surface area (Å²) in [4.78, 5) is 8.05. The molecule has 0 unspecified atom stereocenters.